The second-order valence-corrected chi connectivity index (χ2v) is 6.23. The average Bonchev–Trinajstić information content (AvgIpc) is 2.67. The Morgan fingerprint density at radius 2 is 2.16 bits per heavy atom. The summed E-state index contributed by atoms with van der Waals surface area (Å²) in [5.74, 6) is 0.768. The van der Waals surface area contributed by atoms with Crippen LogP contribution in [0.4, 0.5) is 0 Å². The number of hydrogen-bond acceptors (Lipinski definition) is 4. The van der Waals surface area contributed by atoms with Gasteiger partial charge in [0.25, 0.3) is 0 Å². The van der Waals surface area contributed by atoms with E-state index in [2.05, 4.69) is 11.9 Å². The quantitative estimate of drug-likeness (QED) is 0.927. The molecule has 0 amide bonds. The maximum atomic E-state index is 5.98. The lowest BCUT2D eigenvalue weighted by Crippen LogP contribution is -2.08. The van der Waals surface area contributed by atoms with E-state index in [0.717, 1.165) is 22.0 Å². The average molecular weight is 297 g/mol. The summed E-state index contributed by atoms with van der Waals surface area (Å²) in [6.45, 7) is 6.44. The lowest BCUT2D eigenvalue weighted by molar-refractivity contribution is 0.300. The Balaban J connectivity index is 2.15. The van der Waals surface area contributed by atoms with Crippen LogP contribution in [-0.4, -0.2) is 4.98 Å². The summed E-state index contributed by atoms with van der Waals surface area (Å²) < 4.78 is 5.82. The van der Waals surface area contributed by atoms with E-state index in [1.54, 1.807) is 17.4 Å². The predicted octanol–water partition coefficient (Wildman–Crippen LogP) is 4.01. The maximum Gasteiger partial charge on any atom is 0.140 e. The Kier molecular flexibility index (Phi) is 4.45. The summed E-state index contributed by atoms with van der Waals surface area (Å²) in [5, 5.41) is 1.64. The lowest BCUT2D eigenvalue weighted by Gasteiger charge is -2.13. The van der Waals surface area contributed by atoms with E-state index in [1.165, 1.54) is 4.88 Å². The molecule has 0 aliphatic carbocycles. The molecule has 1 aromatic carbocycles. The van der Waals surface area contributed by atoms with E-state index >= 15 is 0 Å². The van der Waals surface area contributed by atoms with Crippen LogP contribution in [0, 0.1) is 13.8 Å². The molecule has 2 rings (SSSR count). The van der Waals surface area contributed by atoms with Crippen molar-refractivity contribution in [3.8, 4) is 5.75 Å². The highest BCUT2D eigenvalue weighted by atomic mass is 35.5. The van der Waals surface area contributed by atoms with Crippen LogP contribution in [0.3, 0.4) is 0 Å². The van der Waals surface area contributed by atoms with Gasteiger partial charge in [0, 0.05) is 21.5 Å². The maximum absolute atomic E-state index is 5.98. The van der Waals surface area contributed by atoms with E-state index in [0.29, 0.717) is 11.6 Å². The summed E-state index contributed by atoms with van der Waals surface area (Å²) in [4.78, 5) is 5.68. The molecule has 1 unspecified atom stereocenters. The summed E-state index contributed by atoms with van der Waals surface area (Å²) in [7, 11) is 0. The van der Waals surface area contributed by atoms with E-state index in [-0.39, 0.29) is 6.04 Å². The van der Waals surface area contributed by atoms with Crippen LogP contribution in [0.15, 0.2) is 18.2 Å². The van der Waals surface area contributed by atoms with E-state index in [1.807, 2.05) is 26.0 Å². The van der Waals surface area contributed by atoms with Crippen molar-refractivity contribution in [1.82, 2.24) is 4.98 Å². The number of aryl methyl sites for hydroxylation is 2. The van der Waals surface area contributed by atoms with E-state index < -0.39 is 0 Å². The minimum absolute atomic E-state index is 0.117. The van der Waals surface area contributed by atoms with Gasteiger partial charge in [0.05, 0.1) is 5.69 Å². The van der Waals surface area contributed by atoms with Crippen molar-refractivity contribution in [2.75, 3.05) is 0 Å². The van der Waals surface area contributed by atoms with Gasteiger partial charge in [-0.3, -0.25) is 0 Å². The number of aromatic nitrogens is 1. The molecule has 0 radical (unpaired) electrons. The highest BCUT2D eigenvalue weighted by molar-refractivity contribution is 7.11. The third kappa shape index (κ3) is 3.47. The largest absolute Gasteiger partial charge is 0.486 e. The summed E-state index contributed by atoms with van der Waals surface area (Å²) in [6, 6.07) is 5.39. The smallest absolute Gasteiger partial charge is 0.140 e. The Hall–Kier alpha value is -1.10. The monoisotopic (exact) mass is 296 g/mol. The second-order valence-electron chi connectivity index (χ2n) is 4.51. The fraction of sp³-hybridized carbons (Fsp3) is 0.357. The fourth-order valence-corrected chi connectivity index (χ4v) is 2.77. The highest BCUT2D eigenvalue weighted by Gasteiger charge is 2.10. The summed E-state index contributed by atoms with van der Waals surface area (Å²) in [5.41, 5.74) is 7.91. The first-order chi connectivity index (χ1) is 8.97. The zero-order valence-corrected chi connectivity index (χ0v) is 12.8. The predicted molar refractivity (Wildman–Crippen MR) is 80.0 cm³/mol. The zero-order valence-electron chi connectivity index (χ0n) is 11.2. The molecule has 0 saturated carbocycles. The molecule has 102 valence electrons. The molecule has 19 heavy (non-hydrogen) atoms. The number of ether oxygens (including phenoxy) is 1. The van der Waals surface area contributed by atoms with Crippen molar-refractivity contribution in [3.63, 3.8) is 0 Å². The molecule has 0 aliphatic rings. The van der Waals surface area contributed by atoms with Gasteiger partial charge in [0.2, 0.25) is 0 Å². The van der Waals surface area contributed by atoms with Crippen LogP contribution in [0.1, 0.15) is 34.1 Å². The third-order valence-electron chi connectivity index (χ3n) is 2.89. The molecular formula is C14H17ClN2OS. The van der Waals surface area contributed by atoms with Crippen LogP contribution >= 0.6 is 22.9 Å². The van der Waals surface area contributed by atoms with Gasteiger partial charge in [-0.15, -0.1) is 11.3 Å². The summed E-state index contributed by atoms with van der Waals surface area (Å²) >= 11 is 7.64. The third-order valence-corrected chi connectivity index (χ3v) is 4.17. The van der Waals surface area contributed by atoms with Crippen molar-refractivity contribution < 1.29 is 4.74 Å². The lowest BCUT2D eigenvalue weighted by atomic mass is 10.1. The molecule has 1 heterocycles. The number of hydrogen-bond donors (Lipinski definition) is 1. The van der Waals surface area contributed by atoms with Crippen molar-refractivity contribution in [3.05, 3.63) is 44.4 Å². The number of halogens is 1. The standard InChI is InChI=1S/C14H17ClN2OS/c1-8(16)12-6-11(15)4-5-13(12)18-7-14-17-9(2)10(3)19-14/h4-6,8H,7,16H2,1-3H3. The van der Waals surface area contributed by atoms with Gasteiger partial charge in [-0.05, 0) is 39.0 Å². The molecule has 2 aromatic rings. The van der Waals surface area contributed by atoms with Crippen LogP contribution < -0.4 is 10.5 Å². The Morgan fingerprint density at radius 3 is 2.74 bits per heavy atom. The van der Waals surface area contributed by atoms with Gasteiger partial charge in [-0.1, -0.05) is 11.6 Å². The van der Waals surface area contributed by atoms with Crippen molar-refractivity contribution in [1.29, 1.82) is 0 Å². The second kappa shape index (κ2) is 5.90. The normalized spacial score (nSPS) is 12.5. The number of benzene rings is 1. The Bertz CT molecular complexity index is 561. The highest BCUT2D eigenvalue weighted by Crippen LogP contribution is 2.28. The van der Waals surface area contributed by atoms with Crippen molar-refractivity contribution in [2.45, 2.75) is 33.4 Å². The Labute approximate surface area is 122 Å². The van der Waals surface area contributed by atoms with Crippen LogP contribution in [0.5, 0.6) is 5.75 Å². The molecule has 5 heteroatoms. The van der Waals surface area contributed by atoms with Gasteiger partial charge < -0.3 is 10.5 Å². The minimum Gasteiger partial charge on any atom is -0.486 e. The van der Waals surface area contributed by atoms with Crippen LogP contribution in [0.25, 0.3) is 0 Å². The molecular weight excluding hydrogens is 280 g/mol. The van der Waals surface area contributed by atoms with Gasteiger partial charge in [-0.25, -0.2) is 4.98 Å². The molecule has 0 bridgehead atoms. The molecule has 1 aromatic heterocycles. The molecule has 1 atom stereocenters. The van der Waals surface area contributed by atoms with E-state index in [4.69, 9.17) is 22.1 Å². The van der Waals surface area contributed by atoms with Gasteiger partial charge in [0.1, 0.15) is 17.4 Å². The first-order valence-corrected chi connectivity index (χ1v) is 7.27. The first kappa shape index (κ1) is 14.3. The van der Waals surface area contributed by atoms with Gasteiger partial charge in [-0.2, -0.15) is 0 Å². The number of rotatable bonds is 4. The number of thiazole rings is 1. The van der Waals surface area contributed by atoms with Crippen molar-refractivity contribution >= 4 is 22.9 Å². The summed E-state index contributed by atoms with van der Waals surface area (Å²) in [6.07, 6.45) is 0. The molecule has 2 N–H and O–H groups in total. The molecule has 0 aliphatic heterocycles. The Morgan fingerprint density at radius 1 is 1.42 bits per heavy atom. The van der Waals surface area contributed by atoms with E-state index in [9.17, 15) is 0 Å². The molecule has 0 saturated heterocycles. The molecule has 3 nitrogen and oxygen atoms in total. The SMILES string of the molecule is Cc1nc(COc2ccc(Cl)cc2C(C)N)sc1C. The van der Waals surface area contributed by atoms with Gasteiger partial charge >= 0.3 is 0 Å². The van der Waals surface area contributed by atoms with Crippen molar-refractivity contribution in [2.24, 2.45) is 5.73 Å². The minimum atomic E-state index is -0.117. The number of nitrogens with zero attached hydrogens (tertiary/aromatic N) is 1. The van der Waals surface area contributed by atoms with Crippen LogP contribution in [-0.2, 0) is 6.61 Å². The molecule has 0 spiro atoms. The fourth-order valence-electron chi connectivity index (χ4n) is 1.75. The topological polar surface area (TPSA) is 48.1 Å². The van der Waals surface area contributed by atoms with Gasteiger partial charge in [0.15, 0.2) is 0 Å². The molecule has 0 fully saturated rings. The van der Waals surface area contributed by atoms with Crippen LogP contribution in [0.2, 0.25) is 5.02 Å². The first-order valence-electron chi connectivity index (χ1n) is 6.08. The zero-order chi connectivity index (χ0) is 14.0. The number of nitrogens with two attached hydrogens (primary N) is 1.